The Balaban J connectivity index is 2.51. The maximum absolute atomic E-state index is 11.0. The quantitative estimate of drug-likeness (QED) is 0.593. The van der Waals surface area contributed by atoms with E-state index in [0.717, 1.165) is 6.26 Å². The Bertz CT molecular complexity index is 512. The summed E-state index contributed by atoms with van der Waals surface area (Å²) in [5.41, 5.74) is 0.714. The molecule has 0 aliphatic heterocycles. The van der Waals surface area contributed by atoms with Gasteiger partial charge in [0.05, 0.1) is 11.2 Å². The highest BCUT2D eigenvalue weighted by atomic mass is 32.2. The fourth-order valence-electron chi connectivity index (χ4n) is 1.38. The molecule has 0 radical (unpaired) electrons. The van der Waals surface area contributed by atoms with Crippen LogP contribution in [0, 0.1) is 10.1 Å². The van der Waals surface area contributed by atoms with Gasteiger partial charge < -0.3 is 5.32 Å². The third kappa shape index (κ3) is 5.11. The van der Waals surface area contributed by atoms with Crippen LogP contribution in [0.5, 0.6) is 0 Å². The van der Waals surface area contributed by atoms with E-state index in [-0.39, 0.29) is 11.7 Å². The fourth-order valence-corrected chi connectivity index (χ4v) is 2.19. The summed E-state index contributed by atoms with van der Waals surface area (Å²) in [6.07, 6.45) is 1.09. The molecule has 1 aromatic rings. The van der Waals surface area contributed by atoms with Crippen LogP contribution in [0.1, 0.15) is 6.92 Å². The van der Waals surface area contributed by atoms with Gasteiger partial charge >= 0.3 is 0 Å². The van der Waals surface area contributed by atoms with E-state index in [1.165, 1.54) is 12.1 Å². The number of hydrogen-bond donors (Lipinski definition) is 2. The van der Waals surface area contributed by atoms with E-state index in [4.69, 9.17) is 0 Å². The summed E-state index contributed by atoms with van der Waals surface area (Å²) >= 11 is 0. The first kappa shape index (κ1) is 14.4. The Kier molecular flexibility index (Phi) is 4.62. The largest absolute Gasteiger partial charge is 0.383 e. The third-order valence-electron chi connectivity index (χ3n) is 2.11. The highest BCUT2D eigenvalue weighted by Gasteiger charge is 2.08. The molecule has 0 spiro atoms. The van der Waals surface area contributed by atoms with E-state index in [1.54, 1.807) is 19.1 Å². The summed E-state index contributed by atoms with van der Waals surface area (Å²) in [5, 5.41) is 13.4. The first-order chi connectivity index (χ1) is 8.28. The molecule has 0 aliphatic rings. The van der Waals surface area contributed by atoms with Crippen LogP contribution in [0.4, 0.5) is 11.4 Å². The van der Waals surface area contributed by atoms with Gasteiger partial charge in [0.2, 0.25) is 10.0 Å². The van der Waals surface area contributed by atoms with Crippen LogP contribution in [-0.2, 0) is 10.0 Å². The zero-order chi connectivity index (χ0) is 13.8. The van der Waals surface area contributed by atoms with Gasteiger partial charge in [-0.3, -0.25) is 10.1 Å². The molecule has 0 aliphatic carbocycles. The number of hydrogen-bond acceptors (Lipinski definition) is 5. The predicted molar refractivity (Wildman–Crippen MR) is 69.0 cm³/mol. The zero-order valence-corrected chi connectivity index (χ0v) is 10.9. The smallest absolute Gasteiger partial charge is 0.269 e. The van der Waals surface area contributed by atoms with Crippen LogP contribution < -0.4 is 10.0 Å². The number of nitro groups is 1. The molecule has 18 heavy (non-hydrogen) atoms. The minimum atomic E-state index is -3.23. The van der Waals surface area contributed by atoms with E-state index < -0.39 is 14.9 Å². The number of sulfonamides is 1. The van der Waals surface area contributed by atoms with Crippen molar-refractivity contribution in [1.29, 1.82) is 0 Å². The van der Waals surface area contributed by atoms with Crippen molar-refractivity contribution >= 4 is 21.4 Å². The maximum atomic E-state index is 11.0. The standard InChI is InChI=1S/C10H15N3O4S/c1-8(12-18(2,16)17)7-11-9-3-5-10(6-4-9)13(14)15/h3-6,8,11-12H,7H2,1-2H3/t8-/m0/s1. The highest BCUT2D eigenvalue weighted by Crippen LogP contribution is 2.15. The number of nitrogens with zero attached hydrogens (tertiary/aromatic N) is 1. The van der Waals surface area contributed by atoms with Crippen LogP contribution in [0.3, 0.4) is 0 Å². The fraction of sp³-hybridized carbons (Fsp3) is 0.400. The van der Waals surface area contributed by atoms with E-state index in [1.807, 2.05) is 0 Å². The molecule has 0 heterocycles. The SMILES string of the molecule is C[C@@H](CNc1ccc([N+](=O)[O-])cc1)NS(C)(=O)=O. The molecule has 0 unspecified atom stereocenters. The lowest BCUT2D eigenvalue weighted by molar-refractivity contribution is -0.384. The van der Waals surface area contributed by atoms with E-state index in [9.17, 15) is 18.5 Å². The molecule has 1 aromatic carbocycles. The lowest BCUT2D eigenvalue weighted by atomic mass is 10.2. The number of non-ortho nitro benzene ring substituents is 1. The molecule has 2 N–H and O–H groups in total. The van der Waals surface area contributed by atoms with Crippen molar-refractivity contribution < 1.29 is 13.3 Å². The van der Waals surface area contributed by atoms with E-state index >= 15 is 0 Å². The summed E-state index contributed by atoms with van der Waals surface area (Å²) in [6.45, 7) is 2.12. The van der Waals surface area contributed by atoms with Crippen molar-refractivity contribution in [1.82, 2.24) is 4.72 Å². The van der Waals surface area contributed by atoms with Crippen molar-refractivity contribution in [3.8, 4) is 0 Å². The summed E-state index contributed by atoms with van der Waals surface area (Å²) in [5.74, 6) is 0. The second-order valence-electron chi connectivity index (χ2n) is 3.98. The lowest BCUT2D eigenvalue weighted by Crippen LogP contribution is -2.36. The molecule has 0 fully saturated rings. The van der Waals surface area contributed by atoms with Crippen LogP contribution in [0.15, 0.2) is 24.3 Å². The predicted octanol–water partition coefficient (Wildman–Crippen LogP) is 0.944. The normalized spacial score (nSPS) is 13.0. The van der Waals surface area contributed by atoms with Crippen LogP contribution >= 0.6 is 0 Å². The second kappa shape index (κ2) is 5.78. The average Bonchev–Trinajstić information content (AvgIpc) is 2.24. The summed E-state index contributed by atoms with van der Waals surface area (Å²) in [4.78, 5) is 9.97. The van der Waals surface area contributed by atoms with Crippen molar-refractivity contribution in [3.05, 3.63) is 34.4 Å². The van der Waals surface area contributed by atoms with Crippen LogP contribution in [-0.4, -0.2) is 32.2 Å². The minimum Gasteiger partial charge on any atom is -0.383 e. The number of benzene rings is 1. The third-order valence-corrected chi connectivity index (χ3v) is 2.94. The maximum Gasteiger partial charge on any atom is 0.269 e. The molecule has 0 saturated carbocycles. The van der Waals surface area contributed by atoms with Crippen LogP contribution in [0.2, 0.25) is 0 Å². The molecule has 0 amide bonds. The molecule has 0 saturated heterocycles. The molecule has 0 aromatic heterocycles. The Morgan fingerprint density at radius 3 is 2.33 bits per heavy atom. The second-order valence-corrected chi connectivity index (χ2v) is 5.76. The summed E-state index contributed by atoms with van der Waals surface area (Å²) in [7, 11) is -3.23. The van der Waals surface area contributed by atoms with Crippen molar-refractivity contribution in [2.75, 3.05) is 18.1 Å². The number of nitrogens with one attached hydrogen (secondary N) is 2. The molecular formula is C10H15N3O4S. The van der Waals surface area contributed by atoms with Crippen molar-refractivity contribution in [3.63, 3.8) is 0 Å². The summed E-state index contributed by atoms with van der Waals surface area (Å²) in [6, 6.07) is 5.65. The van der Waals surface area contributed by atoms with Crippen molar-refractivity contribution in [2.45, 2.75) is 13.0 Å². The molecule has 1 rings (SSSR count). The zero-order valence-electron chi connectivity index (χ0n) is 10.1. The van der Waals surface area contributed by atoms with Gasteiger partial charge in [0, 0.05) is 30.4 Å². The molecule has 0 bridgehead atoms. The molecule has 1 atom stereocenters. The highest BCUT2D eigenvalue weighted by molar-refractivity contribution is 7.88. The molecule has 8 heteroatoms. The minimum absolute atomic E-state index is 0.0165. The topological polar surface area (TPSA) is 101 Å². The van der Waals surface area contributed by atoms with Gasteiger partial charge in [-0.1, -0.05) is 0 Å². The first-order valence-corrected chi connectivity index (χ1v) is 7.13. The van der Waals surface area contributed by atoms with E-state index in [0.29, 0.717) is 12.2 Å². The Morgan fingerprint density at radius 2 is 1.89 bits per heavy atom. The molecule has 7 nitrogen and oxygen atoms in total. The number of nitro benzene ring substituents is 1. The first-order valence-electron chi connectivity index (χ1n) is 5.23. The van der Waals surface area contributed by atoms with Crippen LogP contribution in [0.25, 0.3) is 0 Å². The Hall–Kier alpha value is -1.67. The summed E-state index contributed by atoms with van der Waals surface area (Å²) < 4.78 is 24.3. The number of anilines is 1. The molecule has 100 valence electrons. The monoisotopic (exact) mass is 273 g/mol. The lowest BCUT2D eigenvalue weighted by Gasteiger charge is -2.13. The van der Waals surface area contributed by atoms with E-state index in [2.05, 4.69) is 10.0 Å². The Morgan fingerprint density at radius 1 is 1.33 bits per heavy atom. The Labute approximate surface area is 105 Å². The van der Waals surface area contributed by atoms with Gasteiger partial charge in [-0.15, -0.1) is 0 Å². The van der Waals surface area contributed by atoms with Gasteiger partial charge in [-0.05, 0) is 19.1 Å². The van der Waals surface area contributed by atoms with Gasteiger partial charge in [0.25, 0.3) is 5.69 Å². The van der Waals surface area contributed by atoms with Gasteiger partial charge in [-0.25, -0.2) is 13.1 Å². The van der Waals surface area contributed by atoms with Gasteiger partial charge in [-0.2, -0.15) is 0 Å². The van der Waals surface area contributed by atoms with Crippen molar-refractivity contribution in [2.24, 2.45) is 0 Å². The van der Waals surface area contributed by atoms with Gasteiger partial charge in [0.1, 0.15) is 0 Å². The average molecular weight is 273 g/mol. The number of rotatable bonds is 6. The van der Waals surface area contributed by atoms with Gasteiger partial charge in [0.15, 0.2) is 0 Å². The molecular weight excluding hydrogens is 258 g/mol.